The molecule has 0 aliphatic heterocycles. The van der Waals surface area contributed by atoms with E-state index in [2.05, 4.69) is 25.7 Å². The Morgan fingerprint density at radius 1 is 1.38 bits per heavy atom. The lowest BCUT2D eigenvalue weighted by atomic mass is 10.1. The third kappa shape index (κ3) is 3.69. The maximum absolute atomic E-state index is 9.34. The highest BCUT2D eigenvalue weighted by Gasteiger charge is 2.09. The molecule has 16 heavy (non-hydrogen) atoms. The van der Waals surface area contributed by atoms with Crippen molar-refractivity contribution in [1.29, 1.82) is 0 Å². The second-order valence-electron chi connectivity index (χ2n) is 4.35. The van der Waals surface area contributed by atoms with Crippen LogP contribution in [0.1, 0.15) is 32.8 Å². The van der Waals surface area contributed by atoms with Crippen LogP contribution in [0.5, 0.6) is 5.75 Å². The van der Waals surface area contributed by atoms with Gasteiger partial charge in [-0.1, -0.05) is 24.6 Å². The molecule has 0 aromatic heterocycles. The van der Waals surface area contributed by atoms with Crippen molar-refractivity contribution in [2.45, 2.75) is 39.8 Å². The van der Waals surface area contributed by atoms with Crippen LogP contribution in [0.2, 0.25) is 5.02 Å². The first-order valence-corrected chi connectivity index (χ1v) is 6.13. The molecule has 3 heteroatoms. The molecule has 0 saturated carbocycles. The van der Waals surface area contributed by atoms with E-state index in [9.17, 15) is 5.11 Å². The summed E-state index contributed by atoms with van der Waals surface area (Å²) in [5.74, 6) is 0.150. The van der Waals surface area contributed by atoms with E-state index < -0.39 is 0 Å². The van der Waals surface area contributed by atoms with Crippen LogP contribution in [-0.2, 0) is 6.54 Å². The monoisotopic (exact) mass is 241 g/mol. The van der Waals surface area contributed by atoms with Crippen LogP contribution >= 0.6 is 11.6 Å². The lowest BCUT2D eigenvalue weighted by molar-refractivity contribution is 0.213. The maximum Gasteiger partial charge on any atom is 0.134 e. The van der Waals surface area contributed by atoms with Gasteiger partial charge in [0.1, 0.15) is 5.75 Å². The van der Waals surface area contributed by atoms with Gasteiger partial charge in [0.15, 0.2) is 0 Å². The fourth-order valence-electron chi connectivity index (χ4n) is 1.69. The zero-order chi connectivity index (χ0) is 12.1. The van der Waals surface area contributed by atoms with Gasteiger partial charge in [-0.3, -0.25) is 4.90 Å². The predicted molar refractivity (Wildman–Crippen MR) is 69.0 cm³/mol. The first-order valence-electron chi connectivity index (χ1n) is 5.76. The molecule has 0 amide bonds. The molecular formula is C13H20ClNO. The van der Waals surface area contributed by atoms with E-state index >= 15 is 0 Å². The van der Waals surface area contributed by atoms with E-state index in [-0.39, 0.29) is 5.75 Å². The standard InChI is InChI=1S/C13H20ClNO/c1-4-7-15(10(2)3)9-11-5-6-13(16)12(14)8-11/h5-6,8,10,16H,4,7,9H2,1-3H3. The summed E-state index contributed by atoms with van der Waals surface area (Å²) >= 11 is 5.89. The second-order valence-corrected chi connectivity index (χ2v) is 4.76. The Balaban J connectivity index is 2.73. The average molecular weight is 242 g/mol. The van der Waals surface area contributed by atoms with Crippen molar-refractivity contribution in [1.82, 2.24) is 4.90 Å². The van der Waals surface area contributed by atoms with E-state index in [1.54, 1.807) is 6.07 Å². The summed E-state index contributed by atoms with van der Waals surface area (Å²) in [5, 5.41) is 9.77. The van der Waals surface area contributed by atoms with Crippen molar-refractivity contribution in [3.8, 4) is 5.75 Å². The number of rotatable bonds is 5. The summed E-state index contributed by atoms with van der Waals surface area (Å²) in [6.45, 7) is 8.52. The summed E-state index contributed by atoms with van der Waals surface area (Å²) in [6.07, 6.45) is 1.14. The van der Waals surface area contributed by atoms with Crippen molar-refractivity contribution in [3.05, 3.63) is 28.8 Å². The molecule has 1 aromatic rings. The van der Waals surface area contributed by atoms with Crippen LogP contribution in [0, 0.1) is 0 Å². The zero-order valence-electron chi connectivity index (χ0n) is 10.2. The molecule has 1 aromatic carbocycles. The quantitative estimate of drug-likeness (QED) is 0.851. The van der Waals surface area contributed by atoms with E-state index in [1.165, 1.54) is 0 Å². The molecular weight excluding hydrogens is 222 g/mol. The number of phenols is 1. The first kappa shape index (κ1) is 13.3. The van der Waals surface area contributed by atoms with Crippen LogP contribution in [0.15, 0.2) is 18.2 Å². The van der Waals surface area contributed by atoms with Crippen LogP contribution in [0.3, 0.4) is 0 Å². The SMILES string of the molecule is CCCN(Cc1ccc(O)c(Cl)c1)C(C)C. The summed E-state index contributed by atoms with van der Waals surface area (Å²) in [4.78, 5) is 2.39. The molecule has 1 rings (SSSR count). The van der Waals surface area contributed by atoms with Crippen LogP contribution in [0.25, 0.3) is 0 Å². The minimum atomic E-state index is 0.150. The first-order chi connectivity index (χ1) is 7.54. The molecule has 0 heterocycles. The van der Waals surface area contributed by atoms with E-state index in [4.69, 9.17) is 11.6 Å². The van der Waals surface area contributed by atoms with Gasteiger partial charge in [0.05, 0.1) is 5.02 Å². The Kier molecular flexibility index (Phi) is 5.10. The molecule has 0 radical (unpaired) electrons. The number of phenolic OH excluding ortho intramolecular Hbond substituents is 1. The smallest absolute Gasteiger partial charge is 0.134 e. The minimum absolute atomic E-state index is 0.150. The van der Waals surface area contributed by atoms with Gasteiger partial charge in [-0.15, -0.1) is 0 Å². The summed E-state index contributed by atoms with van der Waals surface area (Å²) in [5.41, 5.74) is 1.14. The largest absolute Gasteiger partial charge is 0.506 e. The van der Waals surface area contributed by atoms with Gasteiger partial charge in [0, 0.05) is 12.6 Å². The molecule has 0 unspecified atom stereocenters. The molecule has 0 spiro atoms. The third-order valence-electron chi connectivity index (χ3n) is 2.64. The minimum Gasteiger partial charge on any atom is -0.506 e. The van der Waals surface area contributed by atoms with Crippen molar-refractivity contribution in [3.63, 3.8) is 0 Å². The van der Waals surface area contributed by atoms with Crippen molar-refractivity contribution in [2.75, 3.05) is 6.54 Å². The molecule has 2 nitrogen and oxygen atoms in total. The summed E-state index contributed by atoms with van der Waals surface area (Å²) < 4.78 is 0. The Morgan fingerprint density at radius 3 is 2.56 bits per heavy atom. The van der Waals surface area contributed by atoms with Crippen LogP contribution in [-0.4, -0.2) is 22.6 Å². The Labute approximate surface area is 103 Å². The van der Waals surface area contributed by atoms with Crippen LogP contribution in [0.4, 0.5) is 0 Å². The topological polar surface area (TPSA) is 23.5 Å². The van der Waals surface area contributed by atoms with Crippen molar-refractivity contribution >= 4 is 11.6 Å². The van der Waals surface area contributed by atoms with E-state index in [1.807, 2.05) is 12.1 Å². The van der Waals surface area contributed by atoms with Gasteiger partial charge in [0.2, 0.25) is 0 Å². The van der Waals surface area contributed by atoms with Crippen LogP contribution < -0.4 is 0 Å². The highest BCUT2D eigenvalue weighted by atomic mass is 35.5. The lowest BCUT2D eigenvalue weighted by Crippen LogP contribution is -2.30. The maximum atomic E-state index is 9.34. The van der Waals surface area contributed by atoms with Crippen molar-refractivity contribution in [2.24, 2.45) is 0 Å². The number of halogens is 1. The van der Waals surface area contributed by atoms with Gasteiger partial charge in [0.25, 0.3) is 0 Å². The fraction of sp³-hybridized carbons (Fsp3) is 0.538. The van der Waals surface area contributed by atoms with Gasteiger partial charge < -0.3 is 5.11 Å². The van der Waals surface area contributed by atoms with E-state index in [0.717, 1.165) is 25.1 Å². The highest BCUT2D eigenvalue weighted by molar-refractivity contribution is 6.32. The number of nitrogens with zero attached hydrogens (tertiary/aromatic N) is 1. The Morgan fingerprint density at radius 2 is 2.06 bits per heavy atom. The molecule has 90 valence electrons. The normalized spacial score (nSPS) is 11.4. The number of aromatic hydroxyl groups is 1. The Bertz CT molecular complexity index is 339. The number of hydrogen-bond donors (Lipinski definition) is 1. The van der Waals surface area contributed by atoms with Gasteiger partial charge >= 0.3 is 0 Å². The summed E-state index contributed by atoms with van der Waals surface area (Å²) in [6, 6.07) is 5.93. The predicted octanol–water partition coefficient (Wildman–Crippen LogP) is 3.67. The summed E-state index contributed by atoms with van der Waals surface area (Å²) in [7, 11) is 0. The highest BCUT2D eigenvalue weighted by Crippen LogP contribution is 2.24. The number of hydrogen-bond acceptors (Lipinski definition) is 2. The van der Waals surface area contributed by atoms with Crippen molar-refractivity contribution < 1.29 is 5.11 Å². The average Bonchev–Trinajstić information content (AvgIpc) is 2.22. The van der Waals surface area contributed by atoms with Gasteiger partial charge in [-0.05, 0) is 44.5 Å². The molecule has 0 aliphatic carbocycles. The molecule has 0 bridgehead atoms. The molecule has 0 aliphatic rings. The van der Waals surface area contributed by atoms with Gasteiger partial charge in [-0.25, -0.2) is 0 Å². The molecule has 0 fully saturated rings. The third-order valence-corrected chi connectivity index (χ3v) is 2.94. The zero-order valence-corrected chi connectivity index (χ0v) is 11.0. The van der Waals surface area contributed by atoms with Gasteiger partial charge in [-0.2, -0.15) is 0 Å². The molecule has 0 saturated heterocycles. The Hall–Kier alpha value is -0.730. The lowest BCUT2D eigenvalue weighted by Gasteiger charge is -2.26. The second kappa shape index (κ2) is 6.12. The number of benzene rings is 1. The van der Waals surface area contributed by atoms with E-state index in [0.29, 0.717) is 11.1 Å². The molecule has 1 N–H and O–H groups in total. The molecule has 0 atom stereocenters. The fourth-order valence-corrected chi connectivity index (χ4v) is 1.89.